The summed E-state index contributed by atoms with van der Waals surface area (Å²) in [7, 11) is -3.74. The first-order valence-corrected chi connectivity index (χ1v) is 12.2. The summed E-state index contributed by atoms with van der Waals surface area (Å²) in [5.74, 6) is 1.69. The molecule has 2 aromatic carbocycles. The molecule has 5 aromatic rings. The lowest BCUT2D eigenvalue weighted by Gasteiger charge is -2.04. The summed E-state index contributed by atoms with van der Waals surface area (Å²) < 4.78 is 28.6. The molecule has 10 heteroatoms. The zero-order valence-corrected chi connectivity index (χ0v) is 18.7. The van der Waals surface area contributed by atoms with E-state index in [0.717, 1.165) is 26.9 Å². The fourth-order valence-corrected chi connectivity index (χ4v) is 4.76. The van der Waals surface area contributed by atoms with Gasteiger partial charge >= 0.3 is 0 Å². The second-order valence-electron chi connectivity index (χ2n) is 7.06. The number of primary sulfonamides is 1. The summed E-state index contributed by atoms with van der Waals surface area (Å²) in [6.07, 6.45) is 3.05. The number of rotatable bonds is 6. The Hall–Kier alpha value is -3.86. The maximum Gasteiger partial charge on any atom is 0.238 e. The SMILES string of the molecule is NS(=O)(=O)c1ccc(-c2ccc(/C=N/Nc3ncnc4scc(-c5ccccc5)c34)o2)cc1. The molecule has 0 saturated heterocycles. The minimum atomic E-state index is -3.74. The van der Waals surface area contributed by atoms with Gasteiger partial charge in [-0.15, -0.1) is 11.3 Å². The largest absolute Gasteiger partial charge is 0.455 e. The van der Waals surface area contributed by atoms with E-state index < -0.39 is 10.0 Å². The number of hydrogen-bond acceptors (Lipinski definition) is 8. The minimum Gasteiger partial charge on any atom is -0.455 e. The number of hydrazone groups is 1. The average Bonchev–Trinajstić information content (AvgIpc) is 3.47. The average molecular weight is 476 g/mol. The molecule has 0 aliphatic carbocycles. The first-order valence-electron chi connectivity index (χ1n) is 9.79. The van der Waals surface area contributed by atoms with Crippen molar-refractivity contribution in [2.75, 3.05) is 5.43 Å². The molecule has 0 unspecified atom stereocenters. The molecule has 0 fully saturated rings. The van der Waals surface area contributed by atoms with Crippen LogP contribution < -0.4 is 10.6 Å². The van der Waals surface area contributed by atoms with Crippen LogP contribution in [0.1, 0.15) is 5.76 Å². The highest BCUT2D eigenvalue weighted by Gasteiger charge is 2.13. The highest BCUT2D eigenvalue weighted by Crippen LogP contribution is 2.36. The van der Waals surface area contributed by atoms with Crippen LogP contribution in [0.3, 0.4) is 0 Å². The number of benzene rings is 2. The van der Waals surface area contributed by atoms with Crippen LogP contribution >= 0.6 is 11.3 Å². The first kappa shape index (κ1) is 21.0. The summed E-state index contributed by atoms with van der Waals surface area (Å²) in [5, 5.41) is 12.4. The van der Waals surface area contributed by atoms with Crippen LogP contribution in [-0.4, -0.2) is 24.6 Å². The van der Waals surface area contributed by atoms with Gasteiger partial charge in [0.25, 0.3) is 0 Å². The van der Waals surface area contributed by atoms with Crippen LogP contribution in [0.25, 0.3) is 32.7 Å². The van der Waals surface area contributed by atoms with Crippen molar-refractivity contribution in [1.82, 2.24) is 9.97 Å². The molecule has 33 heavy (non-hydrogen) atoms. The molecule has 0 aliphatic heterocycles. The van der Waals surface area contributed by atoms with Gasteiger partial charge in [0.05, 0.1) is 16.5 Å². The number of hydrogen-bond donors (Lipinski definition) is 2. The van der Waals surface area contributed by atoms with E-state index in [2.05, 4.69) is 25.9 Å². The number of anilines is 1. The number of furan rings is 1. The first-order chi connectivity index (χ1) is 16.0. The molecular formula is C23H17N5O3S2. The van der Waals surface area contributed by atoms with Crippen molar-refractivity contribution in [1.29, 1.82) is 0 Å². The number of sulfonamides is 1. The lowest BCUT2D eigenvalue weighted by molar-refractivity contribution is 0.575. The van der Waals surface area contributed by atoms with Gasteiger partial charge in [-0.2, -0.15) is 5.10 Å². The third-order valence-electron chi connectivity index (χ3n) is 4.91. The topological polar surface area (TPSA) is 123 Å². The Labute approximate surface area is 193 Å². The van der Waals surface area contributed by atoms with E-state index in [9.17, 15) is 8.42 Å². The molecule has 0 amide bonds. The Bertz CT molecular complexity index is 1560. The monoisotopic (exact) mass is 475 g/mol. The smallest absolute Gasteiger partial charge is 0.238 e. The second kappa shape index (κ2) is 8.58. The van der Waals surface area contributed by atoms with Crippen molar-refractivity contribution >= 4 is 43.6 Å². The molecule has 5 rings (SSSR count). The summed E-state index contributed by atoms with van der Waals surface area (Å²) >= 11 is 1.55. The second-order valence-corrected chi connectivity index (χ2v) is 9.48. The Morgan fingerprint density at radius 3 is 2.52 bits per heavy atom. The highest BCUT2D eigenvalue weighted by molar-refractivity contribution is 7.89. The molecule has 0 atom stereocenters. The Morgan fingerprint density at radius 1 is 0.970 bits per heavy atom. The predicted molar refractivity (Wildman–Crippen MR) is 130 cm³/mol. The number of nitrogens with one attached hydrogen (secondary N) is 1. The standard InChI is InChI=1S/C23H17N5O3S2/c24-33(29,30)18-9-6-16(7-10-18)20-11-8-17(31-20)12-27-28-22-21-19(15-4-2-1-3-5-15)13-32-23(21)26-14-25-22/h1-14H,(H2,24,29,30)(H,25,26,28)/b27-12+. The van der Waals surface area contributed by atoms with E-state index in [0.29, 0.717) is 17.3 Å². The maximum atomic E-state index is 11.4. The summed E-state index contributed by atoms with van der Waals surface area (Å²) in [6.45, 7) is 0. The molecule has 164 valence electrons. The molecule has 0 saturated carbocycles. The van der Waals surface area contributed by atoms with Crippen molar-refractivity contribution in [3.8, 4) is 22.5 Å². The summed E-state index contributed by atoms with van der Waals surface area (Å²) in [5.41, 5.74) is 5.83. The van der Waals surface area contributed by atoms with Gasteiger partial charge in [-0.25, -0.2) is 23.5 Å². The third kappa shape index (κ3) is 4.40. The quantitative estimate of drug-likeness (QED) is 0.271. The number of nitrogens with zero attached hydrogens (tertiary/aromatic N) is 3. The van der Waals surface area contributed by atoms with Gasteiger partial charge < -0.3 is 4.42 Å². The zero-order valence-electron chi connectivity index (χ0n) is 17.0. The van der Waals surface area contributed by atoms with Crippen molar-refractivity contribution in [2.45, 2.75) is 4.90 Å². The van der Waals surface area contributed by atoms with E-state index in [1.807, 2.05) is 30.3 Å². The molecule has 3 aromatic heterocycles. The lowest BCUT2D eigenvalue weighted by atomic mass is 10.1. The summed E-state index contributed by atoms with van der Waals surface area (Å²) in [6, 6.07) is 19.7. The van der Waals surface area contributed by atoms with Crippen molar-refractivity contribution in [3.63, 3.8) is 0 Å². The minimum absolute atomic E-state index is 0.0447. The predicted octanol–water partition coefficient (Wildman–Crippen LogP) is 4.71. The van der Waals surface area contributed by atoms with Gasteiger partial charge in [-0.1, -0.05) is 30.3 Å². The van der Waals surface area contributed by atoms with Gasteiger partial charge in [0.15, 0.2) is 5.82 Å². The fraction of sp³-hybridized carbons (Fsp3) is 0. The molecule has 3 N–H and O–H groups in total. The maximum absolute atomic E-state index is 11.4. The fourth-order valence-electron chi connectivity index (χ4n) is 3.33. The van der Waals surface area contributed by atoms with Gasteiger partial charge in [0.1, 0.15) is 22.7 Å². The van der Waals surface area contributed by atoms with E-state index in [4.69, 9.17) is 9.56 Å². The molecule has 0 aliphatic rings. The molecule has 0 spiro atoms. The van der Waals surface area contributed by atoms with Crippen LogP contribution in [0, 0.1) is 0 Å². The molecule has 0 bridgehead atoms. The van der Waals surface area contributed by atoms with E-state index in [1.54, 1.807) is 41.8 Å². The normalized spacial score (nSPS) is 11.9. The number of aromatic nitrogens is 2. The zero-order chi connectivity index (χ0) is 22.8. The van der Waals surface area contributed by atoms with E-state index in [-0.39, 0.29) is 4.90 Å². The van der Waals surface area contributed by atoms with E-state index in [1.165, 1.54) is 18.5 Å². The third-order valence-corrected chi connectivity index (χ3v) is 6.73. The van der Waals surface area contributed by atoms with Crippen molar-refractivity contribution in [2.24, 2.45) is 10.2 Å². The molecular weight excluding hydrogens is 458 g/mol. The van der Waals surface area contributed by atoms with Crippen molar-refractivity contribution < 1.29 is 12.8 Å². The summed E-state index contributed by atoms with van der Waals surface area (Å²) in [4.78, 5) is 9.63. The van der Waals surface area contributed by atoms with Crippen LogP contribution in [-0.2, 0) is 10.0 Å². The van der Waals surface area contributed by atoms with Crippen LogP contribution in [0.5, 0.6) is 0 Å². The molecule has 0 radical (unpaired) electrons. The van der Waals surface area contributed by atoms with Crippen LogP contribution in [0.2, 0.25) is 0 Å². The van der Waals surface area contributed by atoms with Crippen molar-refractivity contribution in [3.05, 3.63) is 84.2 Å². The number of nitrogens with two attached hydrogens (primary N) is 1. The molecule has 3 heterocycles. The lowest BCUT2D eigenvalue weighted by Crippen LogP contribution is -2.11. The van der Waals surface area contributed by atoms with Gasteiger partial charge in [0, 0.05) is 16.5 Å². The van der Waals surface area contributed by atoms with Gasteiger partial charge in [0.2, 0.25) is 10.0 Å². The van der Waals surface area contributed by atoms with Crippen LogP contribution in [0.15, 0.2) is 92.9 Å². The van der Waals surface area contributed by atoms with Gasteiger partial charge in [-0.3, -0.25) is 5.43 Å². The Balaban J connectivity index is 1.37. The number of fused-ring (bicyclic) bond motifs is 1. The van der Waals surface area contributed by atoms with Gasteiger partial charge in [-0.05, 0) is 42.0 Å². The molecule has 8 nitrogen and oxygen atoms in total. The Kier molecular flexibility index (Phi) is 5.47. The Morgan fingerprint density at radius 2 is 1.76 bits per heavy atom. The number of thiophene rings is 1. The van der Waals surface area contributed by atoms with E-state index >= 15 is 0 Å². The highest BCUT2D eigenvalue weighted by atomic mass is 32.2. The van der Waals surface area contributed by atoms with Crippen LogP contribution in [0.4, 0.5) is 5.82 Å².